The van der Waals surface area contributed by atoms with E-state index in [4.69, 9.17) is 0 Å². The first-order chi connectivity index (χ1) is 13.3. The van der Waals surface area contributed by atoms with Gasteiger partial charge in [-0.25, -0.2) is 21.9 Å². The van der Waals surface area contributed by atoms with E-state index >= 15 is 0 Å². The van der Waals surface area contributed by atoms with Gasteiger partial charge in [-0.2, -0.15) is 0 Å². The molecule has 0 bridgehead atoms. The topological polar surface area (TPSA) is 75.3 Å². The zero-order valence-electron chi connectivity index (χ0n) is 15.3. The molecule has 0 heterocycles. The normalized spacial score (nSPS) is 15.8. The summed E-state index contributed by atoms with van der Waals surface area (Å²) >= 11 is 0. The second-order valence-corrected chi connectivity index (χ2v) is 8.63. The molecule has 5 nitrogen and oxygen atoms in total. The molecule has 0 unspecified atom stereocenters. The number of carbonyl (C=O) groups excluding carboxylic acids is 1. The predicted molar refractivity (Wildman–Crippen MR) is 103 cm³/mol. The van der Waals surface area contributed by atoms with Crippen LogP contribution in [0, 0.1) is 11.6 Å². The average Bonchev–Trinajstić information content (AvgIpc) is 2.92. The first kappa shape index (κ1) is 20.4. The Morgan fingerprint density at radius 1 is 0.929 bits per heavy atom. The van der Waals surface area contributed by atoms with E-state index in [0.717, 1.165) is 56.7 Å². The third kappa shape index (κ3) is 5.14. The maximum atomic E-state index is 14.4. The molecule has 2 N–H and O–H groups in total. The van der Waals surface area contributed by atoms with E-state index in [1.54, 1.807) is 0 Å². The zero-order valence-corrected chi connectivity index (χ0v) is 16.1. The molecule has 2 aromatic carbocycles. The van der Waals surface area contributed by atoms with Crippen LogP contribution in [0.4, 0.5) is 14.5 Å². The monoisotopic (exact) mass is 408 g/mol. The predicted octanol–water partition coefficient (Wildman–Crippen LogP) is 4.22. The molecule has 0 atom stereocenters. The van der Waals surface area contributed by atoms with Gasteiger partial charge in [0.2, 0.25) is 10.0 Å². The summed E-state index contributed by atoms with van der Waals surface area (Å²) in [6.07, 6.45) is 5.66. The molecule has 0 radical (unpaired) electrons. The summed E-state index contributed by atoms with van der Waals surface area (Å²) in [5.74, 6) is -1.97. The lowest BCUT2D eigenvalue weighted by molar-refractivity contribution is 0.102. The average molecular weight is 408 g/mol. The second kappa shape index (κ2) is 8.79. The highest BCUT2D eigenvalue weighted by molar-refractivity contribution is 7.89. The quantitative estimate of drug-likeness (QED) is 0.728. The minimum atomic E-state index is -3.85. The molecular weight excluding hydrogens is 386 g/mol. The van der Waals surface area contributed by atoms with Crippen molar-refractivity contribution in [1.29, 1.82) is 0 Å². The molecule has 8 heteroatoms. The second-order valence-electron chi connectivity index (χ2n) is 6.91. The SMILES string of the molecule is O=C(Nc1ccc(S(=O)(=O)NC2CCCCCC2)cc1F)c1ccc(F)cc1. The highest BCUT2D eigenvalue weighted by Crippen LogP contribution is 2.22. The molecule has 0 saturated heterocycles. The van der Waals surface area contributed by atoms with Crippen LogP contribution in [0.25, 0.3) is 0 Å². The number of benzene rings is 2. The van der Waals surface area contributed by atoms with Gasteiger partial charge in [-0.15, -0.1) is 0 Å². The molecule has 0 spiro atoms. The molecule has 0 aliphatic heterocycles. The van der Waals surface area contributed by atoms with Crippen LogP contribution in [-0.4, -0.2) is 20.4 Å². The summed E-state index contributed by atoms with van der Waals surface area (Å²) in [4.78, 5) is 11.9. The Labute approximate surface area is 163 Å². The molecule has 1 aliphatic carbocycles. The molecule has 1 amide bonds. The zero-order chi connectivity index (χ0) is 20.1. The van der Waals surface area contributed by atoms with Crippen LogP contribution in [-0.2, 0) is 10.0 Å². The Morgan fingerprint density at radius 3 is 2.18 bits per heavy atom. The van der Waals surface area contributed by atoms with Crippen molar-refractivity contribution in [2.45, 2.75) is 49.5 Å². The van der Waals surface area contributed by atoms with Crippen LogP contribution >= 0.6 is 0 Å². The number of hydrogen-bond acceptors (Lipinski definition) is 3. The number of amides is 1. The fraction of sp³-hybridized carbons (Fsp3) is 0.350. The van der Waals surface area contributed by atoms with E-state index in [1.807, 2.05) is 0 Å². The lowest BCUT2D eigenvalue weighted by atomic mass is 10.1. The molecule has 0 aromatic heterocycles. The Morgan fingerprint density at radius 2 is 1.57 bits per heavy atom. The van der Waals surface area contributed by atoms with E-state index in [2.05, 4.69) is 10.0 Å². The number of rotatable bonds is 5. The van der Waals surface area contributed by atoms with Crippen LogP contribution in [0.5, 0.6) is 0 Å². The van der Waals surface area contributed by atoms with Gasteiger partial charge in [-0.1, -0.05) is 25.7 Å². The smallest absolute Gasteiger partial charge is 0.255 e. The summed E-state index contributed by atoms with van der Waals surface area (Å²) in [7, 11) is -3.85. The number of sulfonamides is 1. The molecular formula is C20H22F2N2O3S. The van der Waals surface area contributed by atoms with Gasteiger partial charge >= 0.3 is 0 Å². The third-order valence-corrected chi connectivity index (χ3v) is 6.30. The minimum absolute atomic E-state index is 0.145. The Balaban J connectivity index is 1.72. The summed E-state index contributed by atoms with van der Waals surface area (Å²) in [5, 5.41) is 2.36. The van der Waals surface area contributed by atoms with E-state index < -0.39 is 27.6 Å². The van der Waals surface area contributed by atoms with Crippen molar-refractivity contribution in [1.82, 2.24) is 4.72 Å². The lowest BCUT2D eigenvalue weighted by Crippen LogP contribution is -2.34. The summed E-state index contributed by atoms with van der Waals surface area (Å²) < 4.78 is 55.1. The van der Waals surface area contributed by atoms with Crippen molar-refractivity contribution < 1.29 is 22.0 Å². The molecule has 2 aromatic rings. The van der Waals surface area contributed by atoms with Crippen LogP contribution < -0.4 is 10.0 Å². The van der Waals surface area contributed by atoms with Gasteiger partial charge in [0.05, 0.1) is 10.6 Å². The number of nitrogens with one attached hydrogen (secondary N) is 2. The molecule has 28 heavy (non-hydrogen) atoms. The van der Waals surface area contributed by atoms with Gasteiger partial charge in [0.25, 0.3) is 5.91 Å². The first-order valence-corrected chi connectivity index (χ1v) is 10.7. The Hall–Kier alpha value is -2.32. The molecule has 1 fully saturated rings. The highest BCUT2D eigenvalue weighted by atomic mass is 32.2. The van der Waals surface area contributed by atoms with Crippen LogP contribution in [0.15, 0.2) is 47.4 Å². The van der Waals surface area contributed by atoms with Crippen LogP contribution in [0.3, 0.4) is 0 Å². The van der Waals surface area contributed by atoms with Gasteiger partial charge in [-0.05, 0) is 55.3 Å². The molecule has 150 valence electrons. The maximum absolute atomic E-state index is 14.4. The lowest BCUT2D eigenvalue weighted by Gasteiger charge is -2.17. The van der Waals surface area contributed by atoms with Gasteiger partial charge in [0, 0.05) is 11.6 Å². The first-order valence-electron chi connectivity index (χ1n) is 9.24. The fourth-order valence-electron chi connectivity index (χ4n) is 3.24. The van der Waals surface area contributed by atoms with Crippen molar-refractivity contribution in [2.75, 3.05) is 5.32 Å². The number of anilines is 1. The summed E-state index contributed by atoms with van der Waals surface area (Å²) in [6, 6.07) is 8.00. The highest BCUT2D eigenvalue weighted by Gasteiger charge is 2.22. The van der Waals surface area contributed by atoms with Crippen molar-refractivity contribution >= 4 is 21.6 Å². The van der Waals surface area contributed by atoms with Gasteiger partial charge in [-0.3, -0.25) is 4.79 Å². The van der Waals surface area contributed by atoms with Crippen molar-refractivity contribution in [3.63, 3.8) is 0 Å². The maximum Gasteiger partial charge on any atom is 0.255 e. The van der Waals surface area contributed by atoms with Gasteiger partial charge in [0.1, 0.15) is 11.6 Å². The van der Waals surface area contributed by atoms with E-state index in [9.17, 15) is 22.0 Å². The largest absolute Gasteiger partial charge is 0.319 e. The number of hydrogen-bond donors (Lipinski definition) is 2. The fourth-order valence-corrected chi connectivity index (χ4v) is 4.56. The van der Waals surface area contributed by atoms with Gasteiger partial charge < -0.3 is 5.32 Å². The summed E-state index contributed by atoms with van der Waals surface area (Å²) in [5.41, 5.74) is 0.00951. The van der Waals surface area contributed by atoms with E-state index in [-0.39, 0.29) is 22.2 Å². The van der Waals surface area contributed by atoms with E-state index in [0.29, 0.717) is 0 Å². The van der Waals surface area contributed by atoms with E-state index in [1.165, 1.54) is 24.3 Å². The van der Waals surface area contributed by atoms with Crippen LogP contribution in [0.1, 0.15) is 48.9 Å². The van der Waals surface area contributed by atoms with Crippen molar-refractivity contribution in [2.24, 2.45) is 0 Å². The van der Waals surface area contributed by atoms with Crippen LogP contribution in [0.2, 0.25) is 0 Å². The molecule has 3 rings (SSSR count). The van der Waals surface area contributed by atoms with Crippen molar-refractivity contribution in [3.05, 3.63) is 59.7 Å². The third-order valence-electron chi connectivity index (χ3n) is 4.78. The standard InChI is InChI=1S/C20H22F2N2O3S/c21-15-9-7-14(8-10-15)20(25)23-19-12-11-17(13-18(19)22)28(26,27)24-16-5-3-1-2-4-6-16/h7-13,16,24H,1-6H2,(H,23,25). The summed E-state index contributed by atoms with van der Waals surface area (Å²) in [6.45, 7) is 0. The molecule has 1 aliphatic rings. The number of halogens is 2. The minimum Gasteiger partial charge on any atom is -0.319 e. The number of carbonyl (C=O) groups is 1. The van der Waals surface area contributed by atoms with Crippen molar-refractivity contribution in [3.8, 4) is 0 Å². The molecule has 1 saturated carbocycles. The Kier molecular flexibility index (Phi) is 6.41. The Bertz CT molecular complexity index is 938. The van der Waals surface area contributed by atoms with Gasteiger partial charge in [0.15, 0.2) is 0 Å².